The van der Waals surface area contributed by atoms with Gasteiger partial charge in [0.25, 0.3) is 0 Å². The van der Waals surface area contributed by atoms with Gasteiger partial charge in [0, 0.05) is 11.6 Å². The van der Waals surface area contributed by atoms with E-state index in [2.05, 4.69) is 12.2 Å². The number of nitrogens with one attached hydrogen (secondary N) is 1. The standard InChI is InChI=1S/C8H15NO/c1-2-8-4-3-7(9-8)5-10-6-8/h7,9H,2-6H2,1H3. The first-order chi connectivity index (χ1) is 4.85. The van der Waals surface area contributed by atoms with Gasteiger partial charge < -0.3 is 10.1 Å². The minimum atomic E-state index is 0.364. The van der Waals surface area contributed by atoms with Crippen molar-refractivity contribution in [1.82, 2.24) is 5.32 Å². The molecule has 0 radical (unpaired) electrons. The fourth-order valence-corrected chi connectivity index (χ4v) is 2.04. The van der Waals surface area contributed by atoms with E-state index in [0.29, 0.717) is 11.6 Å². The Balaban J connectivity index is 2.10. The lowest BCUT2D eigenvalue weighted by atomic mass is 9.96. The number of ether oxygens (including phenoxy) is 1. The van der Waals surface area contributed by atoms with E-state index >= 15 is 0 Å². The third kappa shape index (κ3) is 0.867. The minimum absolute atomic E-state index is 0.364. The van der Waals surface area contributed by atoms with E-state index in [9.17, 15) is 0 Å². The molecule has 2 heterocycles. The highest BCUT2D eigenvalue weighted by Gasteiger charge is 2.40. The molecule has 2 heteroatoms. The largest absolute Gasteiger partial charge is 0.378 e. The summed E-state index contributed by atoms with van der Waals surface area (Å²) in [6.07, 6.45) is 3.84. The molecule has 0 aromatic carbocycles. The van der Waals surface area contributed by atoms with Crippen molar-refractivity contribution in [3.63, 3.8) is 0 Å². The van der Waals surface area contributed by atoms with Crippen molar-refractivity contribution in [3.8, 4) is 0 Å². The van der Waals surface area contributed by atoms with E-state index in [4.69, 9.17) is 4.74 Å². The zero-order valence-electron chi connectivity index (χ0n) is 6.52. The van der Waals surface area contributed by atoms with Crippen LogP contribution in [0.2, 0.25) is 0 Å². The van der Waals surface area contributed by atoms with Gasteiger partial charge >= 0.3 is 0 Å². The van der Waals surface area contributed by atoms with Gasteiger partial charge in [-0.05, 0) is 19.3 Å². The highest BCUT2D eigenvalue weighted by Crippen LogP contribution is 2.30. The van der Waals surface area contributed by atoms with Crippen molar-refractivity contribution in [2.75, 3.05) is 13.2 Å². The van der Waals surface area contributed by atoms with Crippen molar-refractivity contribution < 1.29 is 4.74 Å². The molecule has 0 aromatic rings. The van der Waals surface area contributed by atoms with Gasteiger partial charge in [0.05, 0.1) is 13.2 Å². The lowest BCUT2D eigenvalue weighted by molar-refractivity contribution is 0.0288. The average Bonchev–Trinajstić information content (AvgIpc) is 2.29. The van der Waals surface area contributed by atoms with Crippen LogP contribution in [0, 0.1) is 0 Å². The zero-order valence-corrected chi connectivity index (χ0v) is 6.52. The molecule has 2 fully saturated rings. The molecule has 0 aliphatic carbocycles. The normalized spacial score (nSPS) is 45.9. The van der Waals surface area contributed by atoms with Gasteiger partial charge in [-0.15, -0.1) is 0 Å². The second-order valence-corrected chi connectivity index (χ2v) is 3.53. The molecule has 2 saturated heterocycles. The predicted molar refractivity (Wildman–Crippen MR) is 40.0 cm³/mol. The summed E-state index contributed by atoms with van der Waals surface area (Å²) >= 11 is 0. The van der Waals surface area contributed by atoms with E-state index < -0.39 is 0 Å². The number of hydrogen-bond donors (Lipinski definition) is 1. The lowest BCUT2D eigenvalue weighted by Crippen LogP contribution is -2.52. The van der Waals surface area contributed by atoms with Crippen LogP contribution < -0.4 is 5.32 Å². The van der Waals surface area contributed by atoms with Crippen LogP contribution in [-0.2, 0) is 4.74 Å². The smallest absolute Gasteiger partial charge is 0.0649 e. The van der Waals surface area contributed by atoms with Crippen LogP contribution in [-0.4, -0.2) is 24.8 Å². The molecule has 0 saturated carbocycles. The lowest BCUT2D eigenvalue weighted by Gasteiger charge is -2.33. The monoisotopic (exact) mass is 141 g/mol. The SMILES string of the molecule is CCC12CCC(COC1)N2. The van der Waals surface area contributed by atoms with Gasteiger partial charge in [-0.2, -0.15) is 0 Å². The van der Waals surface area contributed by atoms with Crippen molar-refractivity contribution in [1.29, 1.82) is 0 Å². The summed E-state index contributed by atoms with van der Waals surface area (Å²) in [5, 5.41) is 3.63. The summed E-state index contributed by atoms with van der Waals surface area (Å²) < 4.78 is 5.49. The first-order valence-corrected chi connectivity index (χ1v) is 4.20. The van der Waals surface area contributed by atoms with Gasteiger partial charge in [0.15, 0.2) is 0 Å². The van der Waals surface area contributed by atoms with E-state index in [1.165, 1.54) is 19.3 Å². The molecule has 1 N–H and O–H groups in total. The molecule has 0 spiro atoms. The van der Waals surface area contributed by atoms with Crippen LogP contribution in [0.5, 0.6) is 0 Å². The van der Waals surface area contributed by atoms with Crippen molar-refractivity contribution in [3.05, 3.63) is 0 Å². The fraction of sp³-hybridized carbons (Fsp3) is 1.00. The van der Waals surface area contributed by atoms with Crippen LogP contribution in [0.1, 0.15) is 26.2 Å². The summed E-state index contributed by atoms with van der Waals surface area (Å²) in [6, 6.07) is 0.661. The van der Waals surface area contributed by atoms with Gasteiger partial charge in [-0.3, -0.25) is 0 Å². The summed E-state index contributed by atoms with van der Waals surface area (Å²) in [7, 11) is 0. The summed E-state index contributed by atoms with van der Waals surface area (Å²) in [4.78, 5) is 0. The number of morpholine rings is 1. The molecule has 2 rings (SSSR count). The third-order valence-corrected chi connectivity index (χ3v) is 2.86. The average molecular weight is 141 g/mol. The maximum absolute atomic E-state index is 5.49. The Bertz CT molecular complexity index is 133. The van der Waals surface area contributed by atoms with Crippen LogP contribution in [0.25, 0.3) is 0 Å². The molecule has 10 heavy (non-hydrogen) atoms. The Kier molecular flexibility index (Phi) is 1.46. The maximum Gasteiger partial charge on any atom is 0.0649 e. The van der Waals surface area contributed by atoms with Gasteiger partial charge in [-0.1, -0.05) is 6.92 Å². The van der Waals surface area contributed by atoms with E-state index in [0.717, 1.165) is 13.2 Å². The Morgan fingerprint density at radius 1 is 1.70 bits per heavy atom. The number of fused-ring (bicyclic) bond motifs is 2. The van der Waals surface area contributed by atoms with Crippen molar-refractivity contribution >= 4 is 0 Å². The molecule has 0 aromatic heterocycles. The molecule has 2 unspecified atom stereocenters. The number of hydrogen-bond acceptors (Lipinski definition) is 2. The second-order valence-electron chi connectivity index (χ2n) is 3.53. The first-order valence-electron chi connectivity index (χ1n) is 4.20. The topological polar surface area (TPSA) is 21.3 Å². The Hall–Kier alpha value is -0.0800. The maximum atomic E-state index is 5.49. The first kappa shape index (κ1) is 6.62. The Labute approximate surface area is 61.9 Å². The van der Waals surface area contributed by atoms with E-state index in [1.54, 1.807) is 0 Å². The van der Waals surface area contributed by atoms with Crippen molar-refractivity contribution in [2.45, 2.75) is 37.8 Å². The molecule has 2 atom stereocenters. The molecule has 58 valence electrons. The molecular formula is C8H15NO. The van der Waals surface area contributed by atoms with Crippen LogP contribution in [0.4, 0.5) is 0 Å². The molecule has 2 aliphatic rings. The van der Waals surface area contributed by atoms with Crippen LogP contribution >= 0.6 is 0 Å². The second kappa shape index (κ2) is 2.21. The molecular weight excluding hydrogens is 126 g/mol. The zero-order chi connectivity index (χ0) is 7.03. The quantitative estimate of drug-likeness (QED) is 0.586. The van der Waals surface area contributed by atoms with E-state index in [1.807, 2.05) is 0 Å². The third-order valence-electron chi connectivity index (χ3n) is 2.86. The van der Waals surface area contributed by atoms with Crippen LogP contribution in [0.3, 0.4) is 0 Å². The molecule has 2 bridgehead atoms. The summed E-state index contributed by atoms with van der Waals surface area (Å²) in [6.45, 7) is 4.10. The molecule has 0 amide bonds. The molecule has 2 aliphatic heterocycles. The Morgan fingerprint density at radius 2 is 2.60 bits per heavy atom. The van der Waals surface area contributed by atoms with Gasteiger partial charge in [0.2, 0.25) is 0 Å². The van der Waals surface area contributed by atoms with E-state index in [-0.39, 0.29) is 0 Å². The summed E-state index contributed by atoms with van der Waals surface area (Å²) in [5.41, 5.74) is 0.364. The Morgan fingerprint density at radius 3 is 3.30 bits per heavy atom. The summed E-state index contributed by atoms with van der Waals surface area (Å²) in [5.74, 6) is 0. The van der Waals surface area contributed by atoms with Crippen molar-refractivity contribution in [2.24, 2.45) is 0 Å². The van der Waals surface area contributed by atoms with Gasteiger partial charge in [-0.25, -0.2) is 0 Å². The highest BCUT2D eigenvalue weighted by atomic mass is 16.5. The van der Waals surface area contributed by atoms with Gasteiger partial charge in [0.1, 0.15) is 0 Å². The highest BCUT2D eigenvalue weighted by molar-refractivity contribution is 4.99. The molecule has 2 nitrogen and oxygen atoms in total. The predicted octanol–water partition coefficient (Wildman–Crippen LogP) is 0.917. The number of rotatable bonds is 1. The minimum Gasteiger partial charge on any atom is -0.378 e. The van der Waals surface area contributed by atoms with Crippen LogP contribution in [0.15, 0.2) is 0 Å². The fourth-order valence-electron chi connectivity index (χ4n) is 2.04.